The molecular weight excluding hydrogens is 356 g/mol. The van der Waals surface area contributed by atoms with Gasteiger partial charge in [0.1, 0.15) is 0 Å². The first-order chi connectivity index (χ1) is 11.9. The molecule has 1 saturated heterocycles. The summed E-state index contributed by atoms with van der Waals surface area (Å²) >= 11 is 5.86. The van der Waals surface area contributed by atoms with Gasteiger partial charge in [-0.3, -0.25) is 0 Å². The standard InChI is InChI=1S/C19H23ClN2O2S/c1-15-4-3-5-19(16(15)2)21-10-12-22(13-11-21)25(23,24)14-17-6-8-18(20)9-7-17/h3-9H,10-14H2,1-2H3. The number of aryl methyl sites for hydroxylation is 1. The Morgan fingerprint density at radius 1 is 0.960 bits per heavy atom. The van der Waals surface area contributed by atoms with Crippen molar-refractivity contribution in [2.45, 2.75) is 19.6 Å². The summed E-state index contributed by atoms with van der Waals surface area (Å²) < 4.78 is 27.0. The van der Waals surface area contributed by atoms with Gasteiger partial charge in [-0.2, -0.15) is 4.31 Å². The molecule has 1 aliphatic rings. The number of anilines is 1. The molecule has 1 heterocycles. The maximum absolute atomic E-state index is 12.7. The smallest absolute Gasteiger partial charge is 0.218 e. The van der Waals surface area contributed by atoms with Gasteiger partial charge in [0.15, 0.2) is 0 Å². The van der Waals surface area contributed by atoms with E-state index in [0.29, 0.717) is 31.2 Å². The van der Waals surface area contributed by atoms with Crippen molar-refractivity contribution >= 4 is 27.3 Å². The van der Waals surface area contributed by atoms with E-state index in [1.807, 2.05) is 0 Å². The minimum absolute atomic E-state index is 0.0215. The lowest BCUT2D eigenvalue weighted by atomic mass is 10.1. The maximum Gasteiger partial charge on any atom is 0.218 e. The number of sulfonamides is 1. The van der Waals surface area contributed by atoms with Crippen molar-refractivity contribution in [3.05, 3.63) is 64.2 Å². The molecule has 0 saturated carbocycles. The van der Waals surface area contributed by atoms with E-state index < -0.39 is 10.0 Å². The topological polar surface area (TPSA) is 40.6 Å². The summed E-state index contributed by atoms with van der Waals surface area (Å²) in [4.78, 5) is 2.27. The Balaban J connectivity index is 1.67. The molecule has 25 heavy (non-hydrogen) atoms. The van der Waals surface area contributed by atoms with Crippen LogP contribution in [-0.4, -0.2) is 38.9 Å². The molecule has 1 fully saturated rings. The van der Waals surface area contributed by atoms with Crippen molar-refractivity contribution in [3.63, 3.8) is 0 Å². The van der Waals surface area contributed by atoms with E-state index in [0.717, 1.165) is 5.56 Å². The molecule has 0 bridgehead atoms. The van der Waals surface area contributed by atoms with Crippen molar-refractivity contribution in [3.8, 4) is 0 Å². The molecule has 2 aromatic carbocycles. The molecule has 0 unspecified atom stereocenters. The number of nitrogens with zero attached hydrogens (tertiary/aromatic N) is 2. The van der Waals surface area contributed by atoms with Gasteiger partial charge in [-0.05, 0) is 48.7 Å². The van der Waals surface area contributed by atoms with E-state index in [9.17, 15) is 8.42 Å². The van der Waals surface area contributed by atoms with Crippen LogP contribution in [-0.2, 0) is 15.8 Å². The first-order valence-corrected chi connectivity index (χ1v) is 10.4. The van der Waals surface area contributed by atoms with Crippen LogP contribution in [0, 0.1) is 13.8 Å². The lowest BCUT2D eigenvalue weighted by Gasteiger charge is -2.36. The molecule has 4 nitrogen and oxygen atoms in total. The van der Waals surface area contributed by atoms with Crippen LogP contribution >= 0.6 is 11.6 Å². The van der Waals surface area contributed by atoms with Crippen LogP contribution < -0.4 is 4.90 Å². The van der Waals surface area contributed by atoms with Gasteiger partial charge in [0.2, 0.25) is 10.0 Å². The predicted molar refractivity (Wildman–Crippen MR) is 104 cm³/mol. The van der Waals surface area contributed by atoms with Gasteiger partial charge in [0.05, 0.1) is 5.75 Å². The van der Waals surface area contributed by atoms with Gasteiger partial charge in [0, 0.05) is 36.9 Å². The predicted octanol–water partition coefficient (Wildman–Crippen LogP) is 3.61. The summed E-state index contributed by atoms with van der Waals surface area (Å²) in [6.45, 7) is 6.68. The van der Waals surface area contributed by atoms with E-state index in [1.54, 1.807) is 28.6 Å². The van der Waals surface area contributed by atoms with Gasteiger partial charge in [0.25, 0.3) is 0 Å². The van der Waals surface area contributed by atoms with E-state index >= 15 is 0 Å². The highest BCUT2D eigenvalue weighted by molar-refractivity contribution is 7.88. The second-order valence-corrected chi connectivity index (χ2v) is 8.89. The Bertz CT molecular complexity index is 842. The summed E-state index contributed by atoms with van der Waals surface area (Å²) in [6, 6.07) is 13.3. The molecule has 134 valence electrons. The van der Waals surface area contributed by atoms with Crippen molar-refractivity contribution < 1.29 is 8.42 Å². The largest absolute Gasteiger partial charge is 0.369 e. The van der Waals surface area contributed by atoms with Crippen LogP contribution in [0.4, 0.5) is 5.69 Å². The first kappa shape index (κ1) is 18.2. The number of hydrogen-bond acceptors (Lipinski definition) is 3. The number of hydrogen-bond donors (Lipinski definition) is 0. The van der Waals surface area contributed by atoms with Crippen molar-refractivity contribution in [2.75, 3.05) is 31.1 Å². The minimum atomic E-state index is -3.31. The Hall–Kier alpha value is -1.56. The minimum Gasteiger partial charge on any atom is -0.369 e. The summed E-state index contributed by atoms with van der Waals surface area (Å²) in [5.41, 5.74) is 4.49. The van der Waals surface area contributed by atoms with E-state index in [2.05, 4.69) is 36.9 Å². The molecule has 0 spiro atoms. The highest BCUT2D eigenvalue weighted by Crippen LogP contribution is 2.25. The molecular formula is C19H23ClN2O2S. The highest BCUT2D eigenvalue weighted by atomic mass is 35.5. The molecule has 1 aliphatic heterocycles. The van der Waals surface area contributed by atoms with Crippen LogP contribution in [0.25, 0.3) is 0 Å². The fraction of sp³-hybridized carbons (Fsp3) is 0.368. The average molecular weight is 379 g/mol. The fourth-order valence-corrected chi connectivity index (χ4v) is 4.81. The fourth-order valence-electron chi connectivity index (χ4n) is 3.17. The number of rotatable bonds is 4. The van der Waals surface area contributed by atoms with Crippen LogP contribution in [0.3, 0.4) is 0 Å². The number of benzene rings is 2. The normalized spacial score (nSPS) is 16.2. The number of piperazine rings is 1. The summed E-state index contributed by atoms with van der Waals surface area (Å²) in [5, 5.41) is 0.614. The van der Waals surface area contributed by atoms with Crippen molar-refractivity contribution in [2.24, 2.45) is 0 Å². The number of halogens is 1. The van der Waals surface area contributed by atoms with Crippen LogP contribution in [0.2, 0.25) is 5.02 Å². The molecule has 0 N–H and O–H groups in total. The van der Waals surface area contributed by atoms with Gasteiger partial charge in [-0.15, -0.1) is 0 Å². The van der Waals surface area contributed by atoms with Gasteiger partial charge in [-0.25, -0.2) is 8.42 Å². The van der Waals surface area contributed by atoms with Gasteiger partial charge >= 0.3 is 0 Å². The van der Waals surface area contributed by atoms with Crippen LogP contribution in [0.15, 0.2) is 42.5 Å². The third-order valence-electron chi connectivity index (χ3n) is 4.81. The quantitative estimate of drug-likeness (QED) is 0.816. The van der Waals surface area contributed by atoms with Crippen molar-refractivity contribution in [1.82, 2.24) is 4.31 Å². The molecule has 3 rings (SSSR count). The molecule has 0 radical (unpaired) electrons. The Morgan fingerprint density at radius 3 is 2.24 bits per heavy atom. The lowest BCUT2D eigenvalue weighted by molar-refractivity contribution is 0.384. The third kappa shape index (κ3) is 4.17. The second kappa shape index (κ2) is 7.36. The highest BCUT2D eigenvalue weighted by Gasteiger charge is 2.27. The zero-order valence-electron chi connectivity index (χ0n) is 14.6. The van der Waals surface area contributed by atoms with Crippen LogP contribution in [0.1, 0.15) is 16.7 Å². The third-order valence-corrected chi connectivity index (χ3v) is 6.91. The second-order valence-electron chi connectivity index (χ2n) is 6.49. The molecule has 2 aromatic rings. The zero-order chi connectivity index (χ0) is 18.0. The summed E-state index contributed by atoms with van der Waals surface area (Å²) in [6.07, 6.45) is 0. The van der Waals surface area contributed by atoms with Crippen molar-refractivity contribution in [1.29, 1.82) is 0 Å². The Kier molecular flexibility index (Phi) is 5.37. The van der Waals surface area contributed by atoms with Gasteiger partial charge in [-0.1, -0.05) is 35.9 Å². The molecule has 0 aliphatic carbocycles. The lowest BCUT2D eigenvalue weighted by Crippen LogP contribution is -2.49. The molecule has 0 amide bonds. The van der Waals surface area contributed by atoms with Gasteiger partial charge < -0.3 is 4.90 Å². The van der Waals surface area contributed by atoms with E-state index in [-0.39, 0.29) is 5.75 Å². The average Bonchev–Trinajstić information content (AvgIpc) is 2.59. The van der Waals surface area contributed by atoms with E-state index in [4.69, 9.17) is 11.6 Å². The molecule has 0 aromatic heterocycles. The molecule has 6 heteroatoms. The monoisotopic (exact) mass is 378 g/mol. The van der Waals surface area contributed by atoms with Crippen LogP contribution in [0.5, 0.6) is 0 Å². The maximum atomic E-state index is 12.7. The summed E-state index contributed by atoms with van der Waals surface area (Å²) in [5.74, 6) is 0.0215. The summed E-state index contributed by atoms with van der Waals surface area (Å²) in [7, 11) is -3.31. The SMILES string of the molecule is Cc1cccc(N2CCN(S(=O)(=O)Cc3ccc(Cl)cc3)CC2)c1C. The Morgan fingerprint density at radius 2 is 1.60 bits per heavy atom. The molecule has 0 atom stereocenters. The first-order valence-electron chi connectivity index (χ1n) is 8.40. The zero-order valence-corrected chi connectivity index (χ0v) is 16.1. The Labute approximate surface area is 155 Å². The van der Waals surface area contributed by atoms with E-state index in [1.165, 1.54) is 16.8 Å².